The van der Waals surface area contributed by atoms with Gasteiger partial charge in [-0.2, -0.15) is 0 Å². The number of allylic oxidation sites excluding steroid dienone is 1. The Balaban J connectivity index is 1.59. The number of methoxy groups -OCH3 is 2. The number of rotatable bonds is 12. The highest BCUT2D eigenvalue weighted by Crippen LogP contribution is 2.38. The number of fused-ring (bicyclic) bond motifs is 1. The molecule has 244 valence electrons. The molecule has 0 spiro atoms. The average Bonchev–Trinajstić information content (AvgIpc) is 3.37. The quantitative estimate of drug-likeness (QED) is 0.194. The van der Waals surface area contributed by atoms with Gasteiger partial charge in [-0.1, -0.05) is 60.5 Å². The van der Waals surface area contributed by atoms with Gasteiger partial charge in [0.15, 0.2) is 16.3 Å². The summed E-state index contributed by atoms with van der Waals surface area (Å²) in [6, 6.07) is 16.2. The normalized spacial score (nSPS) is 14.3. The van der Waals surface area contributed by atoms with E-state index in [1.807, 2.05) is 19.1 Å². The number of carbonyl (C=O) groups is 2. The third kappa shape index (κ3) is 7.11. The van der Waals surface area contributed by atoms with Crippen molar-refractivity contribution in [1.29, 1.82) is 0 Å². The molecule has 4 aromatic rings. The lowest BCUT2D eigenvalue weighted by Gasteiger charge is -2.26. The Bertz CT molecular complexity index is 2050. The van der Waals surface area contributed by atoms with Crippen LogP contribution in [-0.4, -0.2) is 42.4 Å². The SMILES string of the molecule is CCCC1=C(C(=O)OCC)[C@H](c2cccc(OC)c2)n2c(s/c(=C/c3cc(Cl)c(OCc4cccc(C(=O)O)c4)c(OC)c3)c2=O)=N1. The maximum Gasteiger partial charge on any atom is 0.338 e. The fraction of sp³-hybridized carbons (Fsp3) is 0.257. The molecule has 0 fully saturated rings. The predicted octanol–water partition coefficient (Wildman–Crippen LogP) is 5.53. The van der Waals surface area contributed by atoms with Gasteiger partial charge in [0.25, 0.3) is 5.56 Å². The maximum atomic E-state index is 14.1. The molecule has 3 aromatic carbocycles. The molecular formula is C35H33ClN2O8S. The second kappa shape index (κ2) is 14.7. The van der Waals surface area contributed by atoms with Crippen LogP contribution in [0.1, 0.15) is 59.8 Å². The summed E-state index contributed by atoms with van der Waals surface area (Å²) in [5, 5.41) is 9.53. The number of aromatic carboxylic acids is 1. The van der Waals surface area contributed by atoms with E-state index < -0.39 is 18.0 Å². The monoisotopic (exact) mass is 676 g/mol. The summed E-state index contributed by atoms with van der Waals surface area (Å²) in [5.41, 5.74) is 2.60. The number of carboxylic acids is 1. The fourth-order valence-corrected chi connectivity index (χ4v) is 6.61. The van der Waals surface area contributed by atoms with Crippen LogP contribution in [0.3, 0.4) is 0 Å². The van der Waals surface area contributed by atoms with E-state index in [-0.39, 0.29) is 35.1 Å². The van der Waals surface area contributed by atoms with E-state index in [9.17, 15) is 19.5 Å². The Kier molecular flexibility index (Phi) is 10.5. The van der Waals surface area contributed by atoms with Gasteiger partial charge in [-0.15, -0.1) is 0 Å². The standard InChI is InChI=1S/C35H33ClN2O8S/c1-5-9-26-29(34(42)45-6-2)30(22-11-8-13-24(18-22)43-3)38-32(39)28(47-35(38)37-26)17-21-15-25(36)31(27(16-21)44-4)46-19-20-10-7-12-23(14-20)33(40)41/h7-8,10-18,30H,5-6,9,19H2,1-4H3,(H,40,41)/b28-17+/t30-/m0/s1. The highest BCUT2D eigenvalue weighted by molar-refractivity contribution is 7.07. The molecule has 1 N–H and O–H groups in total. The molecule has 2 heterocycles. The highest BCUT2D eigenvalue weighted by atomic mass is 35.5. The van der Waals surface area contributed by atoms with Gasteiger partial charge in [0.2, 0.25) is 0 Å². The van der Waals surface area contributed by atoms with E-state index in [4.69, 9.17) is 35.5 Å². The van der Waals surface area contributed by atoms with Crippen molar-refractivity contribution < 1.29 is 33.6 Å². The van der Waals surface area contributed by atoms with Crippen molar-refractivity contribution >= 4 is 41.0 Å². The van der Waals surface area contributed by atoms with Crippen LogP contribution in [0, 0.1) is 0 Å². The lowest BCUT2D eigenvalue weighted by atomic mass is 9.94. The smallest absolute Gasteiger partial charge is 0.338 e. The number of esters is 1. The summed E-state index contributed by atoms with van der Waals surface area (Å²) in [6.07, 6.45) is 2.95. The molecule has 1 aliphatic heterocycles. The number of hydrogen-bond acceptors (Lipinski definition) is 9. The minimum absolute atomic E-state index is 0.0578. The van der Waals surface area contributed by atoms with E-state index >= 15 is 0 Å². The fourth-order valence-electron chi connectivity index (χ4n) is 5.31. The van der Waals surface area contributed by atoms with Crippen LogP contribution >= 0.6 is 22.9 Å². The zero-order valence-electron chi connectivity index (χ0n) is 26.2. The number of benzene rings is 3. The van der Waals surface area contributed by atoms with Gasteiger partial charge in [0.1, 0.15) is 12.4 Å². The van der Waals surface area contributed by atoms with Crippen LogP contribution in [0.4, 0.5) is 0 Å². The third-order valence-corrected chi connectivity index (χ3v) is 8.67. The van der Waals surface area contributed by atoms with Gasteiger partial charge in [0.05, 0.1) is 53.3 Å². The van der Waals surface area contributed by atoms with Crippen molar-refractivity contribution in [3.63, 3.8) is 0 Å². The molecule has 47 heavy (non-hydrogen) atoms. The van der Waals surface area contributed by atoms with Crippen molar-refractivity contribution in [3.8, 4) is 17.2 Å². The summed E-state index contributed by atoms with van der Waals surface area (Å²) >= 11 is 7.85. The number of carbonyl (C=O) groups excluding carboxylic acids is 1. The number of ether oxygens (including phenoxy) is 4. The van der Waals surface area contributed by atoms with Crippen molar-refractivity contribution in [2.45, 2.75) is 39.3 Å². The molecule has 0 unspecified atom stereocenters. The van der Waals surface area contributed by atoms with Gasteiger partial charge >= 0.3 is 11.9 Å². The van der Waals surface area contributed by atoms with Gasteiger partial charge in [-0.05, 0) is 72.5 Å². The van der Waals surface area contributed by atoms with Gasteiger partial charge in [-0.25, -0.2) is 14.6 Å². The third-order valence-electron chi connectivity index (χ3n) is 7.41. The molecule has 0 amide bonds. The Morgan fingerprint density at radius 2 is 1.85 bits per heavy atom. The molecule has 0 aliphatic carbocycles. The summed E-state index contributed by atoms with van der Waals surface area (Å²) in [6.45, 7) is 3.97. The maximum absolute atomic E-state index is 14.1. The summed E-state index contributed by atoms with van der Waals surface area (Å²) in [5.74, 6) is -0.375. The molecular weight excluding hydrogens is 644 g/mol. The second-order valence-corrected chi connectivity index (χ2v) is 11.9. The first kappa shape index (κ1) is 33.5. The summed E-state index contributed by atoms with van der Waals surface area (Å²) in [7, 11) is 3.03. The molecule has 5 rings (SSSR count). The van der Waals surface area contributed by atoms with Gasteiger partial charge < -0.3 is 24.1 Å². The summed E-state index contributed by atoms with van der Waals surface area (Å²) < 4.78 is 24.3. The number of halogens is 1. The molecule has 0 bridgehead atoms. The van der Waals surface area contributed by atoms with Crippen LogP contribution in [-0.2, 0) is 16.1 Å². The van der Waals surface area contributed by atoms with Crippen molar-refractivity contribution in [2.75, 3.05) is 20.8 Å². The zero-order chi connectivity index (χ0) is 33.7. The van der Waals surface area contributed by atoms with Crippen LogP contribution < -0.4 is 29.1 Å². The first-order chi connectivity index (χ1) is 22.7. The van der Waals surface area contributed by atoms with Crippen molar-refractivity contribution in [1.82, 2.24) is 4.57 Å². The number of thiazole rings is 1. The lowest BCUT2D eigenvalue weighted by molar-refractivity contribution is -0.139. The molecule has 1 aliphatic rings. The molecule has 1 aromatic heterocycles. The van der Waals surface area contributed by atoms with Crippen molar-refractivity contribution in [3.05, 3.63) is 119 Å². The largest absolute Gasteiger partial charge is 0.497 e. The minimum Gasteiger partial charge on any atom is -0.497 e. The van der Waals surface area contributed by atoms with E-state index in [1.165, 1.54) is 35.1 Å². The van der Waals surface area contributed by atoms with Crippen LogP contribution in [0.15, 0.2) is 81.7 Å². The molecule has 0 saturated heterocycles. The topological polar surface area (TPSA) is 126 Å². The first-order valence-corrected chi connectivity index (χ1v) is 16.1. The number of carboxylic acid groups (broad SMARTS) is 1. The van der Waals surface area contributed by atoms with Crippen molar-refractivity contribution in [2.24, 2.45) is 4.99 Å². The number of hydrogen-bond donors (Lipinski definition) is 1. The highest BCUT2D eigenvalue weighted by Gasteiger charge is 2.34. The second-order valence-electron chi connectivity index (χ2n) is 10.5. The van der Waals surface area contributed by atoms with Gasteiger partial charge in [-0.3, -0.25) is 9.36 Å². The van der Waals surface area contributed by atoms with Gasteiger partial charge in [0, 0.05) is 0 Å². The molecule has 0 radical (unpaired) electrons. The molecule has 1 atom stereocenters. The summed E-state index contributed by atoms with van der Waals surface area (Å²) in [4.78, 5) is 44.1. The van der Waals surface area contributed by atoms with E-state index in [0.29, 0.717) is 55.2 Å². The molecule has 12 heteroatoms. The number of nitrogens with zero attached hydrogens (tertiary/aromatic N) is 2. The Morgan fingerprint density at radius 3 is 2.55 bits per heavy atom. The zero-order valence-corrected chi connectivity index (χ0v) is 27.8. The van der Waals surface area contributed by atoms with Crippen LogP contribution in [0.25, 0.3) is 6.08 Å². The average molecular weight is 677 g/mol. The number of aromatic nitrogens is 1. The Morgan fingerprint density at radius 1 is 1.06 bits per heavy atom. The Labute approximate surface area is 279 Å². The van der Waals surface area contributed by atoms with E-state index in [2.05, 4.69) is 0 Å². The van der Waals surface area contributed by atoms with E-state index in [0.717, 1.165) is 6.42 Å². The predicted molar refractivity (Wildman–Crippen MR) is 178 cm³/mol. The molecule has 0 saturated carbocycles. The van der Waals surface area contributed by atoms with Crippen LogP contribution in [0.5, 0.6) is 17.2 Å². The Hall–Kier alpha value is -4.87. The minimum atomic E-state index is -1.04. The molecule has 10 nitrogen and oxygen atoms in total. The van der Waals surface area contributed by atoms with E-state index in [1.54, 1.807) is 56.5 Å². The first-order valence-electron chi connectivity index (χ1n) is 14.9. The lowest BCUT2D eigenvalue weighted by Crippen LogP contribution is -2.40. The van der Waals surface area contributed by atoms with Crippen LogP contribution in [0.2, 0.25) is 5.02 Å².